The lowest BCUT2D eigenvalue weighted by Gasteiger charge is -2.34. The van der Waals surface area contributed by atoms with Gasteiger partial charge in [0.1, 0.15) is 11.6 Å². The fourth-order valence-corrected chi connectivity index (χ4v) is 2.50. The number of carbonyl (C=O) groups excluding carboxylic acids is 1. The van der Waals surface area contributed by atoms with Crippen molar-refractivity contribution in [2.75, 3.05) is 13.1 Å². The van der Waals surface area contributed by atoms with E-state index in [2.05, 4.69) is 4.90 Å². The van der Waals surface area contributed by atoms with Crippen molar-refractivity contribution in [3.8, 4) is 0 Å². The minimum atomic E-state index is -0.690. The number of β-amino-alcohol motifs (C(OH)–C–C–N with tert-alkyl or cyclic N) is 1. The number of aliphatic hydroxyl groups is 1. The van der Waals surface area contributed by atoms with E-state index in [0.29, 0.717) is 19.4 Å². The molecule has 1 rings (SSSR count). The monoisotopic (exact) mass is 271 g/mol. The Morgan fingerprint density at radius 3 is 2.37 bits per heavy atom. The number of likely N-dealkylation sites (tertiary alicyclic amines) is 1. The molecule has 0 saturated carbocycles. The van der Waals surface area contributed by atoms with Crippen molar-refractivity contribution < 1.29 is 14.6 Å². The second kappa shape index (κ2) is 6.23. The maximum Gasteiger partial charge on any atom is 0.323 e. The molecule has 1 atom stereocenters. The zero-order chi connectivity index (χ0) is 14.7. The molecule has 19 heavy (non-hydrogen) atoms. The number of ether oxygens (including phenoxy) is 1. The van der Waals surface area contributed by atoms with Crippen molar-refractivity contribution in [2.24, 2.45) is 0 Å². The van der Waals surface area contributed by atoms with Crippen LogP contribution in [-0.2, 0) is 9.53 Å². The first-order chi connectivity index (χ1) is 8.71. The average Bonchev–Trinajstić information content (AvgIpc) is 2.74. The van der Waals surface area contributed by atoms with E-state index in [-0.39, 0.29) is 12.0 Å². The van der Waals surface area contributed by atoms with E-state index in [1.165, 1.54) is 0 Å². The molecule has 4 nitrogen and oxygen atoms in total. The molecule has 112 valence electrons. The highest BCUT2D eigenvalue weighted by Crippen LogP contribution is 2.25. The summed E-state index contributed by atoms with van der Waals surface area (Å²) >= 11 is 0. The van der Waals surface area contributed by atoms with Gasteiger partial charge in [-0.2, -0.15) is 0 Å². The molecule has 1 N–H and O–H groups in total. The molecule has 0 radical (unpaired) electrons. The van der Waals surface area contributed by atoms with Gasteiger partial charge in [-0.15, -0.1) is 0 Å². The zero-order valence-corrected chi connectivity index (χ0v) is 13.0. The van der Waals surface area contributed by atoms with Gasteiger partial charge in [0.05, 0.1) is 5.60 Å². The molecule has 1 aliphatic rings. The molecule has 0 aromatic rings. The molecule has 0 amide bonds. The summed E-state index contributed by atoms with van der Waals surface area (Å²) in [7, 11) is 0. The number of nitrogens with zero attached hydrogens (tertiary/aromatic N) is 1. The van der Waals surface area contributed by atoms with Gasteiger partial charge in [-0.3, -0.25) is 9.69 Å². The molecule has 0 aliphatic carbocycles. The Labute approximate surface area is 117 Å². The van der Waals surface area contributed by atoms with Gasteiger partial charge in [-0.1, -0.05) is 13.8 Å². The Bertz CT molecular complexity index is 305. The van der Waals surface area contributed by atoms with Crippen molar-refractivity contribution in [2.45, 2.75) is 77.5 Å². The molecule has 1 heterocycles. The third-order valence-electron chi connectivity index (χ3n) is 3.86. The molecular formula is C15H29NO3. The quantitative estimate of drug-likeness (QED) is 0.780. The van der Waals surface area contributed by atoms with Crippen LogP contribution in [0.1, 0.15) is 60.3 Å². The topological polar surface area (TPSA) is 49.8 Å². The fraction of sp³-hybridized carbons (Fsp3) is 0.933. The van der Waals surface area contributed by atoms with Crippen molar-refractivity contribution >= 4 is 5.97 Å². The van der Waals surface area contributed by atoms with Gasteiger partial charge in [0.15, 0.2) is 0 Å². The Hall–Kier alpha value is -0.610. The first kappa shape index (κ1) is 16.4. The number of rotatable bonds is 5. The van der Waals surface area contributed by atoms with E-state index in [1.807, 2.05) is 34.6 Å². The van der Waals surface area contributed by atoms with Gasteiger partial charge in [0.2, 0.25) is 0 Å². The van der Waals surface area contributed by atoms with Gasteiger partial charge < -0.3 is 9.84 Å². The predicted molar refractivity (Wildman–Crippen MR) is 76.0 cm³/mol. The fourth-order valence-electron chi connectivity index (χ4n) is 2.50. The van der Waals surface area contributed by atoms with Crippen LogP contribution in [0.4, 0.5) is 0 Å². The molecule has 0 aromatic carbocycles. The highest BCUT2D eigenvalue weighted by molar-refractivity contribution is 5.76. The van der Waals surface area contributed by atoms with Crippen LogP contribution in [0.5, 0.6) is 0 Å². The molecule has 0 bridgehead atoms. The minimum Gasteiger partial charge on any atom is -0.459 e. The van der Waals surface area contributed by atoms with Gasteiger partial charge >= 0.3 is 5.97 Å². The summed E-state index contributed by atoms with van der Waals surface area (Å²) in [6.45, 7) is 11.1. The number of esters is 1. The van der Waals surface area contributed by atoms with Crippen LogP contribution in [0.15, 0.2) is 0 Å². The molecule has 1 saturated heterocycles. The van der Waals surface area contributed by atoms with Crippen LogP contribution in [0, 0.1) is 0 Å². The Morgan fingerprint density at radius 2 is 1.89 bits per heavy atom. The van der Waals surface area contributed by atoms with E-state index in [9.17, 15) is 9.90 Å². The van der Waals surface area contributed by atoms with Gasteiger partial charge in [0, 0.05) is 6.54 Å². The summed E-state index contributed by atoms with van der Waals surface area (Å²) in [5.41, 5.74) is -1.14. The van der Waals surface area contributed by atoms with Crippen LogP contribution in [0.2, 0.25) is 0 Å². The van der Waals surface area contributed by atoms with Crippen molar-refractivity contribution in [1.29, 1.82) is 0 Å². The number of hydrogen-bond donors (Lipinski definition) is 1. The van der Waals surface area contributed by atoms with Crippen LogP contribution in [0.3, 0.4) is 0 Å². The molecule has 1 fully saturated rings. The molecule has 0 unspecified atom stereocenters. The van der Waals surface area contributed by atoms with E-state index >= 15 is 0 Å². The Morgan fingerprint density at radius 1 is 1.32 bits per heavy atom. The van der Waals surface area contributed by atoms with Crippen molar-refractivity contribution in [3.63, 3.8) is 0 Å². The lowest BCUT2D eigenvalue weighted by molar-refractivity contribution is -0.161. The summed E-state index contributed by atoms with van der Waals surface area (Å²) in [4.78, 5) is 14.3. The van der Waals surface area contributed by atoms with E-state index in [4.69, 9.17) is 4.74 Å². The minimum absolute atomic E-state index is 0.153. The number of carbonyl (C=O) groups is 1. The summed E-state index contributed by atoms with van der Waals surface area (Å²) in [5.74, 6) is -0.153. The maximum atomic E-state index is 12.2. The second-order valence-electron chi connectivity index (χ2n) is 6.59. The summed E-state index contributed by atoms with van der Waals surface area (Å²) in [5, 5.41) is 10.4. The highest BCUT2D eigenvalue weighted by Gasteiger charge is 2.37. The first-order valence-corrected chi connectivity index (χ1v) is 7.40. The second-order valence-corrected chi connectivity index (χ2v) is 6.59. The molecule has 4 heteroatoms. The average molecular weight is 271 g/mol. The summed E-state index contributed by atoms with van der Waals surface area (Å²) < 4.78 is 5.47. The lowest BCUT2D eigenvalue weighted by Crippen LogP contribution is -2.48. The van der Waals surface area contributed by atoms with Crippen LogP contribution < -0.4 is 0 Å². The molecular weight excluding hydrogens is 242 g/mol. The largest absolute Gasteiger partial charge is 0.459 e. The summed E-state index contributed by atoms with van der Waals surface area (Å²) in [6, 6.07) is -0.191. The van der Waals surface area contributed by atoms with Crippen LogP contribution >= 0.6 is 0 Å². The number of hydrogen-bond acceptors (Lipinski definition) is 4. The van der Waals surface area contributed by atoms with E-state index < -0.39 is 11.2 Å². The SMILES string of the molecule is CCC(O)(CC)CN1CCC[C@@H]1C(=O)OC(C)(C)C. The van der Waals surface area contributed by atoms with Crippen LogP contribution in [-0.4, -0.2) is 46.3 Å². The van der Waals surface area contributed by atoms with E-state index in [0.717, 1.165) is 19.4 Å². The predicted octanol–water partition coefficient (Wildman–Crippen LogP) is 2.34. The maximum absolute atomic E-state index is 12.2. The van der Waals surface area contributed by atoms with Gasteiger partial charge in [0.25, 0.3) is 0 Å². The Balaban J connectivity index is 2.66. The van der Waals surface area contributed by atoms with Gasteiger partial charge in [-0.05, 0) is 53.0 Å². The molecule has 1 aliphatic heterocycles. The third-order valence-corrected chi connectivity index (χ3v) is 3.86. The first-order valence-electron chi connectivity index (χ1n) is 7.40. The lowest BCUT2D eigenvalue weighted by atomic mass is 9.96. The summed E-state index contributed by atoms with van der Waals surface area (Å²) in [6.07, 6.45) is 3.24. The highest BCUT2D eigenvalue weighted by atomic mass is 16.6. The Kier molecular flexibility index (Phi) is 5.39. The standard InChI is InChI=1S/C15H29NO3/c1-6-15(18,7-2)11-16-10-8-9-12(16)13(17)19-14(3,4)5/h12,18H,6-11H2,1-5H3/t12-/m1/s1. The van der Waals surface area contributed by atoms with Gasteiger partial charge in [-0.25, -0.2) is 0 Å². The molecule has 0 spiro atoms. The third kappa shape index (κ3) is 4.77. The smallest absolute Gasteiger partial charge is 0.323 e. The van der Waals surface area contributed by atoms with E-state index in [1.54, 1.807) is 0 Å². The normalized spacial score (nSPS) is 21.7. The van der Waals surface area contributed by atoms with Crippen LogP contribution in [0.25, 0.3) is 0 Å². The molecule has 0 aromatic heterocycles. The zero-order valence-electron chi connectivity index (χ0n) is 13.0. The van der Waals surface area contributed by atoms with Crippen molar-refractivity contribution in [3.05, 3.63) is 0 Å². The van der Waals surface area contributed by atoms with Crippen molar-refractivity contribution in [1.82, 2.24) is 4.90 Å².